The molecule has 24 heavy (non-hydrogen) atoms. The van der Waals surface area contributed by atoms with Crippen LogP contribution in [0.1, 0.15) is 39.7 Å². The van der Waals surface area contributed by atoms with Crippen LogP contribution in [0.2, 0.25) is 0 Å². The van der Waals surface area contributed by atoms with Crippen LogP contribution in [0.5, 0.6) is 0 Å². The molecule has 0 aromatic heterocycles. The third kappa shape index (κ3) is 5.71. The molecule has 5 heteroatoms. The first-order valence-corrected chi connectivity index (χ1v) is 8.81. The molecule has 0 radical (unpaired) electrons. The van der Waals surface area contributed by atoms with Gasteiger partial charge in [-0.2, -0.15) is 0 Å². The second-order valence-corrected chi connectivity index (χ2v) is 7.66. The van der Waals surface area contributed by atoms with Crippen molar-refractivity contribution in [2.45, 2.75) is 52.2 Å². The molecule has 1 aliphatic rings. The van der Waals surface area contributed by atoms with Gasteiger partial charge in [0, 0.05) is 31.4 Å². The van der Waals surface area contributed by atoms with E-state index in [1.54, 1.807) is 0 Å². The number of piperazine rings is 1. The lowest BCUT2D eigenvalue weighted by Gasteiger charge is -2.40. The second-order valence-electron chi connectivity index (χ2n) is 7.66. The van der Waals surface area contributed by atoms with E-state index in [-0.39, 0.29) is 6.09 Å². The molecule has 1 heterocycles. The van der Waals surface area contributed by atoms with E-state index in [1.807, 2.05) is 37.8 Å². The molecule has 1 aromatic carbocycles. The Morgan fingerprint density at radius 1 is 1.25 bits per heavy atom. The van der Waals surface area contributed by atoms with E-state index in [0.717, 1.165) is 44.7 Å². The molecule has 134 valence electrons. The fourth-order valence-corrected chi connectivity index (χ4v) is 2.99. The second kappa shape index (κ2) is 7.88. The number of benzene rings is 1. The number of carbonyl (C=O) groups excluding carboxylic acids is 1. The van der Waals surface area contributed by atoms with E-state index in [1.165, 1.54) is 5.56 Å². The van der Waals surface area contributed by atoms with Gasteiger partial charge in [0.25, 0.3) is 0 Å². The van der Waals surface area contributed by atoms with Crippen LogP contribution in [0.3, 0.4) is 0 Å². The van der Waals surface area contributed by atoms with Crippen molar-refractivity contribution < 1.29 is 9.53 Å². The summed E-state index contributed by atoms with van der Waals surface area (Å²) in [5.41, 5.74) is 7.42. The average Bonchev–Trinajstić information content (AvgIpc) is 2.49. The Morgan fingerprint density at radius 3 is 2.50 bits per heavy atom. The number of nitrogen functional groups attached to an aromatic ring is 1. The van der Waals surface area contributed by atoms with Crippen LogP contribution in [0, 0.1) is 0 Å². The van der Waals surface area contributed by atoms with Gasteiger partial charge < -0.3 is 15.4 Å². The molecule has 0 bridgehead atoms. The van der Waals surface area contributed by atoms with E-state index in [2.05, 4.69) is 24.0 Å². The topological polar surface area (TPSA) is 58.8 Å². The standard InChI is InChI=1S/C19H31N3O2/c1-15-14-22(18(23)24-19(2,3)4)13-12-21(15)11-5-6-16-7-9-17(20)10-8-16/h7-10,15H,5-6,11-14,20H2,1-4H3/t15-/m0/s1. The third-order valence-corrected chi connectivity index (χ3v) is 4.31. The fourth-order valence-electron chi connectivity index (χ4n) is 2.99. The van der Waals surface area contributed by atoms with E-state index in [9.17, 15) is 4.79 Å². The molecule has 1 aromatic rings. The van der Waals surface area contributed by atoms with Crippen molar-refractivity contribution in [3.63, 3.8) is 0 Å². The molecule has 1 saturated heterocycles. The lowest BCUT2D eigenvalue weighted by Crippen LogP contribution is -2.54. The first-order valence-electron chi connectivity index (χ1n) is 8.81. The van der Waals surface area contributed by atoms with Crippen molar-refractivity contribution in [2.24, 2.45) is 0 Å². The summed E-state index contributed by atoms with van der Waals surface area (Å²) in [6.45, 7) is 11.3. The predicted octanol–water partition coefficient (Wildman–Crippen LogP) is 3.14. The Bertz CT molecular complexity index is 537. The van der Waals surface area contributed by atoms with Crippen molar-refractivity contribution in [3.8, 4) is 0 Å². The molecule has 1 aliphatic heterocycles. The molecule has 2 N–H and O–H groups in total. The number of hydrogen-bond donors (Lipinski definition) is 1. The van der Waals surface area contributed by atoms with Gasteiger partial charge in [0.15, 0.2) is 0 Å². The summed E-state index contributed by atoms with van der Waals surface area (Å²) in [5, 5.41) is 0. The molecule has 1 atom stereocenters. The zero-order chi connectivity index (χ0) is 17.7. The van der Waals surface area contributed by atoms with E-state index >= 15 is 0 Å². The monoisotopic (exact) mass is 333 g/mol. The maximum Gasteiger partial charge on any atom is 0.410 e. The number of hydrogen-bond acceptors (Lipinski definition) is 4. The smallest absolute Gasteiger partial charge is 0.410 e. The number of rotatable bonds is 4. The summed E-state index contributed by atoms with van der Waals surface area (Å²) in [4.78, 5) is 16.4. The van der Waals surface area contributed by atoms with Gasteiger partial charge in [-0.15, -0.1) is 0 Å². The predicted molar refractivity (Wildman–Crippen MR) is 98.0 cm³/mol. The van der Waals surface area contributed by atoms with Gasteiger partial charge in [0.2, 0.25) is 0 Å². The summed E-state index contributed by atoms with van der Waals surface area (Å²) < 4.78 is 5.47. The number of carbonyl (C=O) groups is 1. The quantitative estimate of drug-likeness (QED) is 0.860. The van der Waals surface area contributed by atoms with Gasteiger partial charge >= 0.3 is 6.09 Å². The maximum atomic E-state index is 12.2. The SMILES string of the molecule is C[C@H]1CN(C(=O)OC(C)(C)C)CCN1CCCc1ccc(N)cc1. The highest BCUT2D eigenvalue weighted by atomic mass is 16.6. The summed E-state index contributed by atoms with van der Waals surface area (Å²) in [6, 6.07) is 8.46. The van der Waals surface area contributed by atoms with Crippen LogP contribution in [-0.4, -0.2) is 53.7 Å². The van der Waals surface area contributed by atoms with Crippen LogP contribution < -0.4 is 5.73 Å². The van der Waals surface area contributed by atoms with Gasteiger partial charge in [-0.3, -0.25) is 4.90 Å². The lowest BCUT2D eigenvalue weighted by atomic mass is 10.1. The van der Waals surface area contributed by atoms with Crippen LogP contribution >= 0.6 is 0 Å². The number of aryl methyl sites for hydroxylation is 1. The average molecular weight is 333 g/mol. The van der Waals surface area contributed by atoms with Gasteiger partial charge in [0.05, 0.1) is 0 Å². The molecule has 0 aliphatic carbocycles. The summed E-state index contributed by atoms with van der Waals surface area (Å²) in [5.74, 6) is 0. The zero-order valence-electron chi connectivity index (χ0n) is 15.4. The lowest BCUT2D eigenvalue weighted by molar-refractivity contribution is 0.00571. The van der Waals surface area contributed by atoms with E-state index < -0.39 is 5.60 Å². The van der Waals surface area contributed by atoms with Crippen molar-refractivity contribution in [2.75, 3.05) is 31.9 Å². The minimum atomic E-state index is -0.434. The fraction of sp³-hybridized carbons (Fsp3) is 0.632. The highest BCUT2D eigenvalue weighted by Gasteiger charge is 2.29. The van der Waals surface area contributed by atoms with Crippen molar-refractivity contribution >= 4 is 11.8 Å². The normalized spacial score (nSPS) is 19.3. The summed E-state index contributed by atoms with van der Waals surface area (Å²) in [6.07, 6.45) is 1.97. The molecule has 0 unspecified atom stereocenters. The Kier molecular flexibility index (Phi) is 6.10. The van der Waals surface area contributed by atoms with Crippen LogP contribution in [0.4, 0.5) is 10.5 Å². The van der Waals surface area contributed by atoms with Crippen molar-refractivity contribution in [1.82, 2.24) is 9.80 Å². The highest BCUT2D eigenvalue weighted by Crippen LogP contribution is 2.16. The van der Waals surface area contributed by atoms with Crippen molar-refractivity contribution in [1.29, 1.82) is 0 Å². The highest BCUT2D eigenvalue weighted by molar-refractivity contribution is 5.68. The first-order chi connectivity index (χ1) is 11.2. The number of nitrogens with two attached hydrogens (primary N) is 1. The number of amides is 1. The Labute approximate surface area is 145 Å². The van der Waals surface area contributed by atoms with Gasteiger partial charge in [-0.1, -0.05) is 12.1 Å². The summed E-state index contributed by atoms with van der Waals surface area (Å²) >= 11 is 0. The summed E-state index contributed by atoms with van der Waals surface area (Å²) in [7, 11) is 0. The minimum Gasteiger partial charge on any atom is -0.444 e. The molecule has 0 saturated carbocycles. The minimum absolute atomic E-state index is 0.198. The molecular weight excluding hydrogens is 302 g/mol. The third-order valence-electron chi connectivity index (χ3n) is 4.31. The largest absolute Gasteiger partial charge is 0.444 e. The molecule has 2 rings (SSSR count). The van der Waals surface area contributed by atoms with E-state index in [0.29, 0.717) is 6.04 Å². The molecule has 0 spiro atoms. The van der Waals surface area contributed by atoms with Crippen LogP contribution in [-0.2, 0) is 11.2 Å². The molecule has 1 fully saturated rings. The molecule has 5 nitrogen and oxygen atoms in total. The molecule has 1 amide bonds. The van der Waals surface area contributed by atoms with Crippen LogP contribution in [0.15, 0.2) is 24.3 Å². The first kappa shape index (κ1) is 18.6. The number of nitrogens with zero attached hydrogens (tertiary/aromatic N) is 2. The Morgan fingerprint density at radius 2 is 1.92 bits per heavy atom. The zero-order valence-corrected chi connectivity index (χ0v) is 15.4. The Balaban J connectivity index is 1.75. The Hall–Kier alpha value is -1.75. The van der Waals surface area contributed by atoms with Gasteiger partial charge in [0.1, 0.15) is 5.60 Å². The number of ether oxygens (including phenoxy) is 1. The van der Waals surface area contributed by atoms with Gasteiger partial charge in [-0.05, 0) is 64.8 Å². The molecular formula is C19H31N3O2. The maximum absolute atomic E-state index is 12.2. The van der Waals surface area contributed by atoms with Crippen molar-refractivity contribution in [3.05, 3.63) is 29.8 Å². The van der Waals surface area contributed by atoms with E-state index in [4.69, 9.17) is 10.5 Å². The number of anilines is 1. The van der Waals surface area contributed by atoms with Crippen LogP contribution in [0.25, 0.3) is 0 Å². The van der Waals surface area contributed by atoms with Gasteiger partial charge in [-0.25, -0.2) is 4.79 Å².